The minimum Gasteiger partial charge on any atom is -0.364 e. The summed E-state index contributed by atoms with van der Waals surface area (Å²) in [5, 5.41) is 3.19. The van der Waals surface area contributed by atoms with E-state index in [1.54, 1.807) is 12.3 Å². The van der Waals surface area contributed by atoms with Gasteiger partial charge in [-0.1, -0.05) is 6.07 Å². The Morgan fingerprint density at radius 1 is 1.06 bits per heavy atom. The van der Waals surface area contributed by atoms with E-state index < -0.39 is 11.9 Å². The van der Waals surface area contributed by atoms with Gasteiger partial charge in [0.25, 0.3) is 5.91 Å². The molecule has 176 valence electrons. The van der Waals surface area contributed by atoms with Crippen LogP contribution in [0.3, 0.4) is 0 Å². The number of nitrogens with zero attached hydrogens (tertiary/aromatic N) is 5. The zero-order valence-corrected chi connectivity index (χ0v) is 18.7. The molecule has 4 heterocycles. The smallest absolute Gasteiger partial charge is 0.364 e. The molecule has 0 radical (unpaired) electrons. The predicted molar refractivity (Wildman–Crippen MR) is 119 cm³/mol. The molecule has 1 amide bonds. The summed E-state index contributed by atoms with van der Waals surface area (Å²) in [5.74, 6) is 0.456. The summed E-state index contributed by atoms with van der Waals surface area (Å²) < 4.78 is 38.3. The maximum absolute atomic E-state index is 13.7. The van der Waals surface area contributed by atoms with Crippen LogP contribution in [0.5, 0.6) is 0 Å². The van der Waals surface area contributed by atoms with Gasteiger partial charge in [0, 0.05) is 24.5 Å². The van der Waals surface area contributed by atoms with Gasteiger partial charge in [0.2, 0.25) is 0 Å². The van der Waals surface area contributed by atoms with Gasteiger partial charge in [-0.15, -0.1) is 0 Å². The van der Waals surface area contributed by atoms with Crippen molar-refractivity contribution in [2.24, 2.45) is 5.92 Å². The molecule has 3 aromatic rings. The third-order valence-electron chi connectivity index (χ3n) is 6.52. The molecule has 1 aliphatic heterocycles. The van der Waals surface area contributed by atoms with E-state index >= 15 is 0 Å². The highest BCUT2D eigenvalue weighted by atomic mass is 19.4. The first-order valence-corrected chi connectivity index (χ1v) is 11.1. The zero-order valence-electron chi connectivity index (χ0n) is 18.7. The molecule has 2 bridgehead atoms. The SMILES string of the molecule is Cc1ccc(C(=O)N2C[C@H]3C[C@@H](Nc4cnc(C(F)(F)F)cn4)[C@@H]2C3)c(-c2ncccc2C)n1. The molecular weight excluding hydrogens is 445 g/mol. The number of halogens is 3. The largest absolute Gasteiger partial charge is 0.434 e. The lowest BCUT2D eigenvalue weighted by atomic mass is 10.0. The summed E-state index contributed by atoms with van der Waals surface area (Å²) in [6, 6.07) is 7.17. The summed E-state index contributed by atoms with van der Waals surface area (Å²) in [5.41, 5.74) is 2.41. The van der Waals surface area contributed by atoms with E-state index in [9.17, 15) is 18.0 Å². The first-order valence-electron chi connectivity index (χ1n) is 11.1. The summed E-state index contributed by atoms with van der Waals surface area (Å²) in [4.78, 5) is 32.0. The molecule has 5 rings (SSSR count). The fourth-order valence-corrected chi connectivity index (χ4v) is 4.95. The Morgan fingerprint density at radius 3 is 2.56 bits per heavy atom. The molecule has 34 heavy (non-hydrogen) atoms. The number of fused-ring (bicyclic) bond motifs is 2. The van der Waals surface area contributed by atoms with E-state index in [0.717, 1.165) is 36.5 Å². The van der Waals surface area contributed by atoms with Crippen molar-refractivity contribution < 1.29 is 18.0 Å². The van der Waals surface area contributed by atoms with Gasteiger partial charge in [-0.25, -0.2) is 9.97 Å². The Balaban J connectivity index is 1.39. The molecule has 0 spiro atoms. The van der Waals surface area contributed by atoms with Gasteiger partial charge in [0.1, 0.15) is 11.5 Å². The number of hydrogen-bond acceptors (Lipinski definition) is 6. The predicted octanol–water partition coefficient (Wildman–Crippen LogP) is 4.28. The van der Waals surface area contributed by atoms with Gasteiger partial charge in [0.05, 0.1) is 29.7 Å². The van der Waals surface area contributed by atoms with Crippen molar-refractivity contribution in [1.29, 1.82) is 0 Å². The van der Waals surface area contributed by atoms with E-state index in [0.29, 0.717) is 29.4 Å². The second-order valence-electron chi connectivity index (χ2n) is 8.92. The van der Waals surface area contributed by atoms with Crippen molar-refractivity contribution in [2.45, 2.75) is 44.9 Å². The number of pyridine rings is 2. The highest BCUT2D eigenvalue weighted by molar-refractivity contribution is 6.00. The van der Waals surface area contributed by atoms with Gasteiger partial charge >= 0.3 is 6.18 Å². The maximum Gasteiger partial charge on any atom is 0.434 e. The summed E-state index contributed by atoms with van der Waals surface area (Å²) in [6.45, 7) is 4.44. The van der Waals surface area contributed by atoms with E-state index in [1.165, 1.54) is 0 Å². The quantitative estimate of drug-likeness (QED) is 0.615. The Morgan fingerprint density at radius 2 is 1.88 bits per heavy atom. The molecule has 1 N–H and O–H groups in total. The summed E-state index contributed by atoms with van der Waals surface area (Å²) in [6.07, 6.45) is 0.603. The molecule has 3 atom stereocenters. The van der Waals surface area contributed by atoms with Crippen LogP contribution in [0.15, 0.2) is 42.9 Å². The molecule has 2 aliphatic rings. The Labute approximate surface area is 194 Å². The molecule has 2 fully saturated rings. The first kappa shape index (κ1) is 22.2. The highest BCUT2D eigenvalue weighted by Gasteiger charge is 2.47. The van der Waals surface area contributed by atoms with Gasteiger partial charge < -0.3 is 10.2 Å². The van der Waals surface area contributed by atoms with Crippen LogP contribution in [0.25, 0.3) is 11.4 Å². The minimum atomic E-state index is -4.53. The van der Waals surface area contributed by atoms with Gasteiger partial charge in [-0.3, -0.25) is 14.8 Å². The molecule has 7 nitrogen and oxygen atoms in total. The van der Waals surface area contributed by atoms with Crippen LogP contribution in [-0.4, -0.2) is 49.4 Å². The fourth-order valence-electron chi connectivity index (χ4n) is 4.95. The molecule has 0 unspecified atom stereocenters. The Bertz CT molecular complexity index is 1230. The van der Waals surface area contributed by atoms with E-state index in [1.807, 2.05) is 36.9 Å². The van der Waals surface area contributed by atoms with Crippen LogP contribution < -0.4 is 5.32 Å². The second kappa shape index (κ2) is 8.34. The normalized spacial score (nSPS) is 21.7. The van der Waals surface area contributed by atoms with Crippen molar-refractivity contribution in [3.63, 3.8) is 0 Å². The number of aromatic nitrogens is 4. The van der Waals surface area contributed by atoms with Crippen LogP contribution in [0.4, 0.5) is 19.0 Å². The number of amides is 1. The number of alkyl halides is 3. The monoisotopic (exact) mass is 468 g/mol. The third kappa shape index (κ3) is 4.08. The van der Waals surface area contributed by atoms with Gasteiger partial charge in [-0.05, 0) is 56.4 Å². The molecule has 1 saturated heterocycles. The van der Waals surface area contributed by atoms with E-state index in [2.05, 4.69) is 25.3 Å². The fraction of sp³-hybridized carbons (Fsp3) is 0.375. The van der Waals surface area contributed by atoms with E-state index in [-0.39, 0.29) is 23.8 Å². The topological polar surface area (TPSA) is 83.9 Å². The average Bonchev–Trinajstić information content (AvgIpc) is 3.39. The molecule has 3 aromatic heterocycles. The van der Waals surface area contributed by atoms with Crippen molar-refractivity contribution in [3.05, 3.63) is 65.4 Å². The number of carbonyl (C=O) groups excluding carboxylic acids is 1. The van der Waals surface area contributed by atoms with Crippen molar-refractivity contribution in [3.8, 4) is 11.4 Å². The van der Waals surface area contributed by atoms with Crippen LogP contribution in [0.1, 0.15) is 40.2 Å². The summed E-state index contributed by atoms with van der Waals surface area (Å²) in [7, 11) is 0. The third-order valence-corrected chi connectivity index (χ3v) is 6.52. The van der Waals surface area contributed by atoms with Crippen LogP contribution in [0, 0.1) is 19.8 Å². The lowest BCUT2D eigenvalue weighted by Crippen LogP contribution is -2.48. The highest BCUT2D eigenvalue weighted by Crippen LogP contribution is 2.40. The first-order chi connectivity index (χ1) is 16.2. The number of nitrogens with one attached hydrogen (secondary N) is 1. The Kier molecular flexibility index (Phi) is 5.45. The van der Waals surface area contributed by atoms with E-state index in [4.69, 9.17) is 0 Å². The van der Waals surface area contributed by atoms with Crippen molar-refractivity contribution >= 4 is 11.7 Å². The lowest BCUT2D eigenvalue weighted by molar-refractivity contribution is -0.141. The number of rotatable bonds is 4. The standard InChI is InChI=1S/C24H23F3N6O/c1-13-4-3-7-28-21(13)22-16(6-5-14(2)31-22)23(34)33-12-15-8-17(18(33)9-15)32-20-11-29-19(10-30-20)24(25,26)27/h3-7,10-11,15,17-18H,8-9,12H2,1-2H3,(H,30,32)/t15-,17+,18-/m0/s1. The van der Waals surface area contributed by atoms with Crippen LogP contribution >= 0.6 is 0 Å². The maximum atomic E-state index is 13.7. The molecule has 10 heteroatoms. The van der Waals surface area contributed by atoms with Crippen molar-refractivity contribution in [1.82, 2.24) is 24.8 Å². The molecule has 0 aromatic carbocycles. The van der Waals surface area contributed by atoms with Gasteiger partial charge in [0.15, 0.2) is 5.69 Å². The minimum absolute atomic E-state index is 0.0967. The average molecular weight is 468 g/mol. The molecule has 1 saturated carbocycles. The number of aryl methyl sites for hydroxylation is 2. The van der Waals surface area contributed by atoms with Crippen molar-refractivity contribution in [2.75, 3.05) is 11.9 Å². The number of carbonyl (C=O) groups is 1. The number of likely N-dealkylation sites (tertiary alicyclic amines) is 1. The zero-order chi connectivity index (χ0) is 24.0. The lowest BCUT2D eigenvalue weighted by Gasteiger charge is -2.34. The number of piperidine rings is 1. The molecular formula is C24H23F3N6O. The second-order valence-corrected chi connectivity index (χ2v) is 8.92. The number of anilines is 1. The Hall–Kier alpha value is -3.56. The molecule has 1 aliphatic carbocycles. The summed E-state index contributed by atoms with van der Waals surface area (Å²) >= 11 is 0. The van der Waals surface area contributed by atoms with Crippen LogP contribution in [0.2, 0.25) is 0 Å². The number of hydrogen-bond donors (Lipinski definition) is 1. The van der Waals surface area contributed by atoms with Crippen LogP contribution in [-0.2, 0) is 6.18 Å². The van der Waals surface area contributed by atoms with Gasteiger partial charge in [-0.2, -0.15) is 13.2 Å².